The maximum atomic E-state index is 12.8. The topological polar surface area (TPSA) is 63.8 Å². The molecule has 158 valence electrons. The van der Waals surface area contributed by atoms with Crippen molar-refractivity contribution >= 4 is 0 Å². The molecule has 5 nitrogen and oxygen atoms in total. The van der Waals surface area contributed by atoms with Gasteiger partial charge in [0.05, 0.1) is 12.1 Å². The van der Waals surface area contributed by atoms with Crippen molar-refractivity contribution in [2.45, 2.75) is 25.2 Å². The van der Waals surface area contributed by atoms with E-state index in [4.69, 9.17) is 0 Å². The normalized spacial score (nSPS) is 12.6. The monoisotopic (exact) mass is 424 g/mol. The first-order chi connectivity index (χ1) is 14.9. The number of tetrazole rings is 1. The first kappa shape index (κ1) is 20.7. The molecule has 0 amide bonds. The van der Waals surface area contributed by atoms with E-state index >= 15 is 0 Å². The Bertz CT molecular complexity index is 1140. The lowest BCUT2D eigenvalue weighted by molar-refractivity contribution is -0.137. The van der Waals surface area contributed by atoms with Gasteiger partial charge in [0.2, 0.25) is 5.82 Å². The summed E-state index contributed by atoms with van der Waals surface area (Å²) in [5, 5.41) is 22.9. The molecule has 0 spiro atoms. The third-order valence-corrected chi connectivity index (χ3v) is 4.91. The summed E-state index contributed by atoms with van der Waals surface area (Å²) in [4.78, 5) is 1.34. The lowest BCUT2D eigenvalue weighted by Crippen LogP contribution is -2.11. The Morgan fingerprint density at radius 1 is 0.871 bits per heavy atom. The van der Waals surface area contributed by atoms with Gasteiger partial charge in [0, 0.05) is 5.56 Å². The summed E-state index contributed by atoms with van der Waals surface area (Å²) in [6.07, 6.45) is -4.70. The quantitative estimate of drug-likeness (QED) is 0.488. The highest BCUT2D eigenvalue weighted by atomic mass is 19.4. The van der Waals surface area contributed by atoms with Gasteiger partial charge in [0.15, 0.2) is 0 Å². The van der Waals surface area contributed by atoms with Crippen molar-refractivity contribution < 1.29 is 18.3 Å². The highest BCUT2D eigenvalue weighted by Crippen LogP contribution is 2.30. The minimum absolute atomic E-state index is 0.151. The van der Waals surface area contributed by atoms with E-state index in [0.717, 1.165) is 34.4 Å². The molecule has 0 saturated heterocycles. The number of aliphatic hydroxyl groups excluding tert-OH is 1. The van der Waals surface area contributed by atoms with Crippen LogP contribution in [0.5, 0.6) is 0 Å². The smallest absolute Gasteiger partial charge is 0.386 e. The molecule has 4 rings (SSSR count). The molecule has 1 heterocycles. The van der Waals surface area contributed by atoms with Gasteiger partial charge in [-0.15, -0.1) is 10.2 Å². The van der Waals surface area contributed by atoms with Crippen LogP contribution >= 0.6 is 0 Å². The molecule has 0 fully saturated rings. The molecule has 1 N–H and O–H groups in total. The molecule has 1 atom stereocenters. The van der Waals surface area contributed by atoms with Crippen LogP contribution in [0, 0.1) is 0 Å². The summed E-state index contributed by atoms with van der Waals surface area (Å²) >= 11 is 0. The fourth-order valence-corrected chi connectivity index (χ4v) is 3.29. The molecular formula is C23H19F3N4O. The molecular weight excluding hydrogens is 405 g/mol. The van der Waals surface area contributed by atoms with Crippen LogP contribution in [0.15, 0.2) is 78.9 Å². The molecule has 0 aliphatic carbocycles. The van der Waals surface area contributed by atoms with Crippen LogP contribution in [0.4, 0.5) is 13.2 Å². The van der Waals surface area contributed by atoms with Gasteiger partial charge in [0.1, 0.15) is 6.10 Å². The number of nitrogens with zero attached hydrogens (tertiary/aromatic N) is 4. The van der Waals surface area contributed by atoms with Gasteiger partial charge in [-0.3, -0.25) is 0 Å². The largest absolute Gasteiger partial charge is 0.416 e. The fraction of sp³-hybridized carbons (Fsp3) is 0.174. The molecule has 1 unspecified atom stereocenters. The Morgan fingerprint density at radius 3 is 2.26 bits per heavy atom. The van der Waals surface area contributed by atoms with Crippen molar-refractivity contribution in [3.05, 3.63) is 101 Å². The number of hydrogen-bond acceptors (Lipinski definition) is 4. The second-order valence-electron chi connectivity index (χ2n) is 7.12. The molecule has 0 aliphatic rings. The Balaban J connectivity index is 1.52. The zero-order valence-electron chi connectivity index (χ0n) is 16.4. The summed E-state index contributed by atoms with van der Waals surface area (Å²) in [7, 11) is 0. The van der Waals surface area contributed by atoms with E-state index < -0.39 is 17.8 Å². The Hall–Kier alpha value is -3.52. The van der Waals surface area contributed by atoms with Gasteiger partial charge >= 0.3 is 6.18 Å². The molecule has 3 aromatic carbocycles. The first-order valence-corrected chi connectivity index (χ1v) is 9.65. The SMILES string of the molecule is OC(Cn1nnc(-c2ccccc2Cc2ccc(C(F)(F)F)cc2)n1)c1ccccc1. The zero-order valence-corrected chi connectivity index (χ0v) is 16.4. The van der Waals surface area contributed by atoms with Gasteiger partial charge in [-0.05, 0) is 40.5 Å². The molecule has 8 heteroatoms. The van der Waals surface area contributed by atoms with E-state index in [1.54, 1.807) is 0 Å². The van der Waals surface area contributed by atoms with Crippen LogP contribution in [0.1, 0.15) is 28.4 Å². The molecule has 4 aromatic rings. The Morgan fingerprint density at radius 2 is 1.55 bits per heavy atom. The molecule has 1 aromatic heterocycles. The van der Waals surface area contributed by atoms with E-state index in [1.165, 1.54) is 16.9 Å². The van der Waals surface area contributed by atoms with Crippen LogP contribution in [0.3, 0.4) is 0 Å². The van der Waals surface area contributed by atoms with Crippen LogP contribution in [-0.2, 0) is 19.1 Å². The number of rotatable bonds is 6. The van der Waals surface area contributed by atoms with Crippen LogP contribution in [0.2, 0.25) is 0 Å². The predicted octanol–water partition coefficient (Wildman–Crippen LogP) is 4.68. The third kappa shape index (κ3) is 4.97. The van der Waals surface area contributed by atoms with Gasteiger partial charge in [-0.25, -0.2) is 0 Å². The van der Waals surface area contributed by atoms with Crippen molar-refractivity contribution in [2.24, 2.45) is 0 Å². The molecule has 0 bridgehead atoms. The summed E-state index contributed by atoms with van der Waals surface area (Å²) in [5.74, 6) is 0.391. The highest BCUT2D eigenvalue weighted by molar-refractivity contribution is 5.60. The standard InChI is InChI=1S/C23H19F3N4O/c24-23(25,26)19-12-10-16(11-13-19)14-18-8-4-5-9-20(18)22-27-29-30(28-22)15-21(31)17-6-2-1-3-7-17/h1-13,21,31H,14-15H2. The number of hydrogen-bond donors (Lipinski definition) is 1. The van der Waals surface area contributed by atoms with Gasteiger partial charge in [0.25, 0.3) is 0 Å². The van der Waals surface area contributed by atoms with Crippen LogP contribution in [-0.4, -0.2) is 25.3 Å². The second-order valence-corrected chi connectivity index (χ2v) is 7.12. The number of halogens is 3. The van der Waals surface area contributed by atoms with Crippen molar-refractivity contribution in [2.75, 3.05) is 0 Å². The third-order valence-electron chi connectivity index (χ3n) is 4.91. The summed E-state index contributed by atoms with van der Waals surface area (Å²) < 4.78 is 38.4. The van der Waals surface area contributed by atoms with Gasteiger partial charge in [-0.1, -0.05) is 66.7 Å². The first-order valence-electron chi connectivity index (χ1n) is 9.65. The summed E-state index contributed by atoms with van der Waals surface area (Å²) in [6.45, 7) is 0.151. The zero-order chi connectivity index (χ0) is 21.8. The number of benzene rings is 3. The molecule has 0 saturated carbocycles. The average molecular weight is 424 g/mol. The van der Waals surface area contributed by atoms with Gasteiger partial charge in [-0.2, -0.15) is 18.0 Å². The minimum atomic E-state index is -4.36. The fourth-order valence-electron chi connectivity index (χ4n) is 3.29. The second kappa shape index (κ2) is 8.69. The maximum Gasteiger partial charge on any atom is 0.416 e. The van der Waals surface area contributed by atoms with Gasteiger partial charge < -0.3 is 5.11 Å². The summed E-state index contributed by atoms with van der Waals surface area (Å²) in [5.41, 5.74) is 2.43. The van der Waals surface area contributed by atoms with E-state index in [2.05, 4.69) is 15.4 Å². The minimum Gasteiger partial charge on any atom is -0.386 e. The predicted molar refractivity (Wildman–Crippen MR) is 109 cm³/mol. The molecule has 0 aliphatic heterocycles. The van der Waals surface area contributed by atoms with E-state index in [0.29, 0.717) is 12.2 Å². The molecule has 31 heavy (non-hydrogen) atoms. The molecule has 0 radical (unpaired) electrons. The summed E-state index contributed by atoms with van der Waals surface area (Å²) in [6, 6.07) is 21.7. The number of alkyl halides is 3. The average Bonchev–Trinajstić information content (AvgIpc) is 3.23. The lowest BCUT2D eigenvalue weighted by Gasteiger charge is -2.10. The maximum absolute atomic E-state index is 12.8. The Kier molecular flexibility index (Phi) is 5.81. The Labute approximate surface area is 176 Å². The van der Waals surface area contributed by atoms with Crippen molar-refractivity contribution in [3.8, 4) is 11.4 Å². The van der Waals surface area contributed by atoms with E-state index in [1.807, 2.05) is 54.6 Å². The lowest BCUT2D eigenvalue weighted by atomic mass is 9.98. The van der Waals surface area contributed by atoms with Crippen LogP contribution < -0.4 is 0 Å². The van der Waals surface area contributed by atoms with Crippen molar-refractivity contribution in [1.82, 2.24) is 20.2 Å². The van der Waals surface area contributed by atoms with E-state index in [9.17, 15) is 18.3 Å². The van der Waals surface area contributed by atoms with E-state index in [-0.39, 0.29) is 6.54 Å². The number of aromatic nitrogens is 4. The highest BCUT2D eigenvalue weighted by Gasteiger charge is 2.29. The van der Waals surface area contributed by atoms with Crippen LogP contribution in [0.25, 0.3) is 11.4 Å². The van der Waals surface area contributed by atoms with Crippen molar-refractivity contribution in [3.63, 3.8) is 0 Å². The number of aliphatic hydroxyl groups is 1. The van der Waals surface area contributed by atoms with Crippen molar-refractivity contribution in [1.29, 1.82) is 0 Å².